The molecule has 3 aromatic rings. The summed E-state index contributed by atoms with van der Waals surface area (Å²) in [6.45, 7) is 2.46. The van der Waals surface area contributed by atoms with E-state index >= 15 is 4.39 Å². The molecule has 0 amide bonds. The topological polar surface area (TPSA) is 92.9 Å². The van der Waals surface area contributed by atoms with Gasteiger partial charge in [-0.1, -0.05) is 11.6 Å². The maximum atomic E-state index is 16.5. The number of hydrogen-bond acceptors (Lipinski definition) is 9. The summed E-state index contributed by atoms with van der Waals surface area (Å²) < 4.78 is 85.6. The number of pyridine rings is 1. The molecule has 1 aromatic carbocycles. The number of fused-ring (bicyclic) bond motifs is 1. The van der Waals surface area contributed by atoms with Crippen LogP contribution in [0.5, 0.6) is 11.9 Å². The largest absolute Gasteiger partial charge is 0.474 e. The number of likely N-dealkylation sites (tertiary alicyclic amines) is 1. The number of hydrogen-bond donors (Lipinski definition) is 1. The first-order chi connectivity index (χ1) is 20.3. The van der Waals surface area contributed by atoms with Crippen LogP contribution in [-0.2, 0) is 6.18 Å². The van der Waals surface area contributed by atoms with Gasteiger partial charge in [0.2, 0.25) is 5.88 Å². The lowest BCUT2D eigenvalue weighted by Gasteiger charge is -2.52. The lowest BCUT2D eigenvalue weighted by molar-refractivity contribution is -0.137. The van der Waals surface area contributed by atoms with Crippen LogP contribution < -0.4 is 20.1 Å². The quantitative estimate of drug-likeness (QED) is 0.331. The Labute approximate surface area is 248 Å². The minimum absolute atomic E-state index is 0.0852. The van der Waals surface area contributed by atoms with E-state index in [9.17, 15) is 17.6 Å². The second kappa shape index (κ2) is 9.63. The lowest BCUT2D eigenvalue weighted by Crippen LogP contribution is -2.71. The molecular weight excluding hydrogens is 597 g/mol. The molecule has 0 unspecified atom stereocenters. The maximum Gasteiger partial charge on any atom is 0.418 e. The third-order valence-corrected chi connectivity index (χ3v) is 9.53. The molecule has 15 heteroatoms. The highest BCUT2D eigenvalue weighted by atomic mass is 35.5. The van der Waals surface area contributed by atoms with Gasteiger partial charge in [0, 0.05) is 44.4 Å². The van der Waals surface area contributed by atoms with Gasteiger partial charge in [-0.25, -0.2) is 13.8 Å². The monoisotopic (exact) mass is 625 g/mol. The number of anilines is 2. The van der Waals surface area contributed by atoms with Crippen LogP contribution in [-0.4, -0.2) is 95.5 Å². The number of likely N-dealkylation sites (N-methyl/N-ethyl adjacent to an activating group) is 2. The average Bonchev–Trinajstić information content (AvgIpc) is 3.40. The van der Waals surface area contributed by atoms with Gasteiger partial charge in [0.25, 0.3) is 0 Å². The van der Waals surface area contributed by atoms with E-state index in [0.717, 1.165) is 31.5 Å². The second-order valence-electron chi connectivity index (χ2n) is 12.2. The van der Waals surface area contributed by atoms with Gasteiger partial charge in [0.1, 0.15) is 47.3 Å². The van der Waals surface area contributed by atoms with Crippen molar-refractivity contribution in [3.63, 3.8) is 0 Å². The highest BCUT2D eigenvalue weighted by Crippen LogP contribution is 2.48. The molecule has 0 aliphatic carbocycles. The summed E-state index contributed by atoms with van der Waals surface area (Å²) in [5.74, 6) is -0.978. The van der Waals surface area contributed by atoms with Gasteiger partial charge in [0.05, 0.1) is 16.1 Å². The molecule has 6 heterocycles. The summed E-state index contributed by atoms with van der Waals surface area (Å²) in [6, 6.07) is 1.75. The smallest absolute Gasteiger partial charge is 0.418 e. The van der Waals surface area contributed by atoms with Gasteiger partial charge in [-0.15, -0.1) is 0 Å². The molecule has 3 saturated heterocycles. The molecule has 43 heavy (non-hydrogen) atoms. The Morgan fingerprint density at radius 3 is 2.67 bits per heavy atom. The summed E-state index contributed by atoms with van der Waals surface area (Å²) in [4.78, 5) is 19.3. The zero-order valence-corrected chi connectivity index (χ0v) is 24.2. The minimum Gasteiger partial charge on any atom is -0.474 e. The number of nitrogen functional groups attached to an aromatic ring is 1. The molecule has 0 radical (unpaired) electrons. The Morgan fingerprint density at radius 1 is 1.19 bits per heavy atom. The number of rotatable bonds is 4. The molecule has 0 saturated carbocycles. The molecule has 2 N–H and O–H groups in total. The molecule has 9 nitrogen and oxygen atoms in total. The Balaban J connectivity index is 1.41. The second-order valence-corrected chi connectivity index (χ2v) is 12.6. The van der Waals surface area contributed by atoms with E-state index in [1.807, 2.05) is 11.9 Å². The number of aromatic nitrogens is 3. The Morgan fingerprint density at radius 2 is 1.95 bits per heavy atom. The van der Waals surface area contributed by atoms with Gasteiger partial charge < -0.3 is 25.0 Å². The van der Waals surface area contributed by atoms with Crippen LogP contribution in [0.15, 0.2) is 12.1 Å². The van der Waals surface area contributed by atoms with Crippen LogP contribution in [0.1, 0.15) is 24.8 Å². The number of benzene rings is 1. The standard InChI is InChI=1S/C28H29ClF5N7O2/c1-39-10-27(11-39)13-42-24-18-22(20(31)21(36-24)16-6-15(35)7-17(29)19(16)28(32,33)34)37-25(38-23(18)40(27)2)43-12-26-4-3-5-41(26)9-14(30)8-26/h6-7,14H,3-5,8-13,35H2,1-2H3/t14-,26+/m1/s1. The van der Waals surface area contributed by atoms with Crippen molar-refractivity contribution in [3.8, 4) is 23.1 Å². The Kier molecular flexibility index (Phi) is 6.39. The summed E-state index contributed by atoms with van der Waals surface area (Å²) in [6.07, 6.45) is -3.98. The molecule has 3 fully saturated rings. The van der Waals surface area contributed by atoms with E-state index in [4.69, 9.17) is 26.8 Å². The first-order valence-electron chi connectivity index (χ1n) is 14.0. The predicted octanol–water partition coefficient (Wildman–Crippen LogP) is 4.55. The first-order valence-corrected chi connectivity index (χ1v) is 14.3. The predicted molar refractivity (Wildman–Crippen MR) is 150 cm³/mol. The number of nitrogens with two attached hydrogens (primary N) is 1. The lowest BCUT2D eigenvalue weighted by atomic mass is 9.89. The zero-order valence-electron chi connectivity index (χ0n) is 23.4. The Hall–Kier alpha value is -3.23. The van der Waals surface area contributed by atoms with Crippen molar-refractivity contribution in [2.45, 2.75) is 42.7 Å². The van der Waals surface area contributed by atoms with Gasteiger partial charge in [-0.05, 0) is 38.6 Å². The van der Waals surface area contributed by atoms with Crippen molar-refractivity contribution in [1.29, 1.82) is 0 Å². The van der Waals surface area contributed by atoms with Crippen LogP contribution >= 0.6 is 11.6 Å². The molecule has 2 atom stereocenters. The van der Waals surface area contributed by atoms with E-state index < -0.39 is 51.1 Å². The minimum atomic E-state index is -4.94. The van der Waals surface area contributed by atoms with Crippen molar-refractivity contribution in [1.82, 2.24) is 24.8 Å². The van der Waals surface area contributed by atoms with Crippen LogP contribution in [0.3, 0.4) is 0 Å². The van der Waals surface area contributed by atoms with Gasteiger partial charge in [-0.3, -0.25) is 4.90 Å². The van der Waals surface area contributed by atoms with E-state index in [1.165, 1.54) is 0 Å². The maximum absolute atomic E-state index is 16.5. The first kappa shape index (κ1) is 28.5. The van der Waals surface area contributed by atoms with Crippen LogP contribution in [0, 0.1) is 5.82 Å². The summed E-state index contributed by atoms with van der Waals surface area (Å²) in [5, 5.41) is -0.585. The van der Waals surface area contributed by atoms with Crippen molar-refractivity contribution < 1.29 is 31.4 Å². The van der Waals surface area contributed by atoms with E-state index in [2.05, 4.69) is 24.8 Å². The van der Waals surface area contributed by atoms with E-state index in [1.54, 1.807) is 7.05 Å². The molecule has 4 aliphatic heterocycles. The average molecular weight is 626 g/mol. The number of ether oxygens (including phenoxy) is 2. The van der Waals surface area contributed by atoms with Gasteiger partial charge in [-0.2, -0.15) is 23.1 Å². The van der Waals surface area contributed by atoms with Crippen molar-refractivity contribution in [2.75, 3.05) is 64.1 Å². The van der Waals surface area contributed by atoms with Crippen molar-refractivity contribution in [3.05, 3.63) is 28.5 Å². The number of halogens is 6. The van der Waals surface area contributed by atoms with Crippen LogP contribution in [0.4, 0.5) is 33.5 Å². The fourth-order valence-corrected chi connectivity index (χ4v) is 7.56. The van der Waals surface area contributed by atoms with Crippen molar-refractivity contribution >= 4 is 34.0 Å². The number of nitrogens with zero attached hydrogens (tertiary/aromatic N) is 6. The zero-order chi connectivity index (χ0) is 30.5. The fraction of sp³-hybridized carbons (Fsp3) is 0.536. The summed E-state index contributed by atoms with van der Waals surface area (Å²) in [5.41, 5.74) is 1.75. The highest BCUT2D eigenvalue weighted by Gasteiger charge is 2.51. The molecule has 1 spiro atoms. The van der Waals surface area contributed by atoms with Gasteiger partial charge >= 0.3 is 12.2 Å². The highest BCUT2D eigenvalue weighted by molar-refractivity contribution is 6.32. The molecule has 7 rings (SSSR count). The molecule has 4 aliphatic rings. The van der Waals surface area contributed by atoms with E-state index in [-0.39, 0.29) is 47.5 Å². The molecule has 230 valence electrons. The summed E-state index contributed by atoms with van der Waals surface area (Å²) >= 11 is 5.99. The van der Waals surface area contributed by atoms with E-state index in [0.29, 0.717) is 26.1 Å². The number of alkyl halides is 4. The summed E-state index contributed by atoms with van der Waals surface area (Å²) in [7, 11) is 3.73. The SMILES string of the molecule is CN1CC2(COc3nc(-c4cc(N)cc(Cl)c4C(F)(F)F)c(F)c4nc(OC[C@@]56CCCN5C[C@H](F)C6)nc(c34)N2C)C1. The molecule has 2 aromatic heterocycles. The normalized spacial score (nSPS) is 25.1. The Bertz CT molecular complexity index is 1640. The fourth-order valence-electron chi connectivity index (χ4n) is 7.23. The van der Waals surface area contributed by atoms with Crippen LogP contribution in [0.25, 0.3) is 22.2 Å². The molecule has 0 bridgehead atoms. The van der Waals surface area contributed by atoms with Crippen molar-refractivity contribution in [2.24, 2.45) is 0 Å². The third kappa shape index (κ3) is 4.43. The molecular formula is C28H29ClF5N7O2. The van der Waals surface area contributed by atoms with Crippen LogP contribution in [0.2, 0.25) is 5.02 Å². The third-order valence-electron chi connectivity index (χ3n) is 9.23. The van der Waals surface area contributed by atoms with Gasteiger partial charge in [0.15, 0.2) is 5.82 Å².